The predicted molar refractivity (Wildman–Crippen MR) is 114 cm³/mol. The van der Waals surface area contributed by atoms with Crippen molar-refractivity contribution in [3.8, 4) is 5.69 Å². The van der Waals surface area contributed by atoms with Gasteiger partial charge in [-0.2, -0.15) is 18.3 Å². The summed E-state index contributed by atoms with van der Waals surface area (Å²) in [6.07, 6.45) is -0.501. The number of para-hydroxylation sites is 1. The maximum atomic E-state index is 13.4. The number of piperidine rings is 1. The van der Waals surface area contributed by atoms with E-state index in [9.17, 15) is 18.0 Å². The molecule has 1 unspecified atom stereocenters. The van der Waals surface area contributed by atoms with Gasteiger partial charge in [0.25, 0.3) is 5.91 Å². The molecular weight excluding hydrogens is 419 g/mol. The fraction of sp³-hybridized carbons (Fsp3) is 0.261. The van der Waals surface area contributed by atoms with Crippen LogP contribution < -0.4 is 5.32 Å². The molecule has 0 aliphatic carbocycles. The number of anilines is 1. The SMILES string of the molecule is C=C1CCCN(C(=O)c2ccnn2-c2ccccc2)C1CNc1ccc(C(F)(F)F)cn1. The van der Waals surface area contributed by atoms with Crippen LogP contribution in [0.2, 0.25) is 0 Å². The second kappa shape index (κ2) is 8.86. The number of rotatable bonds is 5. The summed E-state index contributed by atoms with van der Waals surface area (Å²) < 4.78 is 39.9. The lowest BCUT2D eigenvalue weighted by atomic mass is 9.96. The summed E-state index contributed by atoms with van der Waals surface area (Å²) in [6.45, 7) is 4.96. The van der Waals surface area contributed by atoms with E-state index in [4.69, 9.17) is 0 Å². The lowest BCUT2D eigenvalue weighted by Crippen LogP contribution is -2.48. The maximum Gasteiger partial charge on any atom is 0.417 e. The van der Waals surface area contributed by atoms with E-state index in [0.29, 0.717) is 24.6 Å². The number of alkyl halides is 3. The van der Waals surface area contributed by atoms with Crippen LogP contribution in [0.25, 0.3) is 5.69 Å². The lowest BCUT2D eigenvalue weighted by molar-refractivity contribution is -0.137. The monoisotopic (exact) mass is 441 g/mol. The van der Waals surface area contributed by atoms with Crippen LogP contribution in [0.15, 0.2) is 73.1 Å². The number of hydrogen-bond acceptors (Lipinski definition) is 4. The van der Waals surface area contributed by atoms with Gasteiger partial charge in [-0.05, 0) is 43.2 Å². The van der Waals surface area contributed by atoms with E-state index in [1.165, 1.54) is 6.07 Å². The van der Waals surface area contributed by atoms with Crippen LogP contribution in [0.5, 0.6) is 0 Å². The molecule has 1 aliphatic heterocycles. The Bertz CT molecular complexity index is 1090. The fourth-order valence-electron chi connectivity index (χ4n) is 3.77. The molecule has 32 heavy (non-hydrogen) atoms. The second-order valence-electron chi connectivity index (χ2n) is 7.55. The van der Waals surface area contributed by atoms with E-state index in [0.717, 1.165) is 36.4 Å². The summed E-state index contributed by atoms with van der Waals surface area (Å²) in [5.74, 6) is 0.123. The molecule has 3 heterocycles. The highest BCUT2D eigenvalue weighted by molar-refractivity contribution is 5.93. The van der Waals surface area contributed by atoms with Crippen LogP contribution in [0.3, 0.4) is 0 Å². The molecule has 0 bridgehead atoms. The van der Waals surface area contributed by atoms with Gasteiger partial charge in [0.15, 0.2) is 0 Å². The number of pyridine rings is 1. The van der Waals surface area contributed by atoms with Crippen molar-refractivity contribution in [2.45, 2.75) is 25.1 Å². The highest BCUT2D eigenvalue weighted by Crippen LogP contribution is 2.29. The molecule has 1 amide bonds. The van der Waals surface area contributed by atoms with Crippen LogP contribution in [0.4, 0.5) is 19.0 Å². The molecule has 0 radical (unpaired) electrons. The zero-order chi connectivity index (χ0) is 22.7. The van der Waals surface area contributed by atoms with Crippen LogP contribution in [-0.4, -0.2) is 44.7 Å². The third-order valence-corrected chi connectivity index (χ3v) is 5.44. The smallest absolute Gasteiger partial charge is 0.368 e. The molecule has 9 heteroatoms. The minimum absolute atomic E-state index is 0.181. The number of aromatic nitrogens is 3. The van der Waals surface area contributed by atoms with Crippen LogP contribution in [-0.2, 0) is 6.18 Å². The topological polar surface area (TPSA) is 63.1 Å². The van der Waals surface area contributed by atoms with E-state index in [1.54, 1.807) is 21.8 Å². The number of carbonyl (C=O) groups is 1. The van der Waals surface area contributed by atoms with Gasteiger partial charge in [0, 0.05) is 19.3 Å². The van der Waals surface area contributed by atoms with E-state index in [1.807, 2.05) is 30.3 Å². The summed E-state index contributed by atoms with van der Waals surface area (Å²) in [7, 11) is 0. The van der Waals surface area contributed by atoms with Crippen molar-refractivity contribution in [2.24, 2.45) is 0 Å². The lowest BCUT2D eigenvalue weighted by Gasteiger charge is -2.37. The summed E-state index contributed by atoms with van der Waals surface area (Å²) in [6, 6.07) is 13.0. The van der Waals surface area contributed by atoms with Crippen molar-refractivity contribution >= 4 is 11.7 Å². The van der Waals surface area contributed by atoms with Gasteiger partial charge < -0.3 is 10.2 Å². The highest BCUT2D eigenvalue weighted by atomic mass is 19.4. The third-order valence-electron chi connectivity index (χ3n) is 5.44. The minimum atomic E-state index is -4.44. The summed E-state index contributed by atoms with van der Waals surface area (Å²) in [5, 5.41) is 7.34. The van der Waals surface area contributed by atoms with Crippen LogP contribution in [0.1, 0.15) is 28.9 Å². The van der Waals surface area contributed by atoms with Gasteiger partial charge in [-0.3, -0.25) is 4.79 Å². The van der Waals surface area contributed by atoms with Gasteiger partial charge in [-0.1, -0.05) is 30.4 Å². The number of amides is 1. The molecule has 1 aromatic carbocycles. The summed E-state index contributed by atoms with van der Waals surface area (Å²) in [4.78, 5) is 19.0. The first kappa shape index (κ1) is 21.6. The highest BCUT2D eigenvalue weighted by Gasteiger charge is 2.32. The number of nitrogens with one attached hydrogen (secondary N) is 1. The molecular formula is C23H22F3N5O. The molecule has 1 atom stereocenters. The van der Waals surface area contributed by atoms with Crippen molar-refractivity contribution in [3.63, 3.8) is 0 Å². The Morgan fingerprint density at radius 1 is 1.16 bits per heavy atom. The molecule has 3 aromatic rings. The fourth-order valence-corrected chi connectivity index (χ4v) is 3.77. The van der Waals surface area contributed by atoms with Crippen molar-refractivity contribution in [2.75, 3.05) is 18.4 Å². The van der Waals surface area contributed by atoms with Crippen molar-refractivity contribution in [1.29, 1.82) is 0 Å². The largest absolute Gasteiger partial charge is 0.417 e. The van der Waals surface area contributed by atoms with Gasteiger partial charge in [0.1, 0.15) is 11.5 Å². The first-order chi connectivity index (χ1) is 15.3. The zero-order valence-electron chi connectivity index (χ0n) is 17.2. The van der Waals surface area contributed by atoms with Gasteiger partial charge in [0.05, 0.1) is 23.5 Å². The number of nitrogens with zero attached hydrogens (tertiary/aromatic N) is 4. The number of benzene rings is 1. The van der Waals surface area contributed by atoms with Crippen LogP contribution in [0, 0.1) is 0 Å². The normalized spacial score (nSPS) is 16.8. The minimum Gasteiger partial charge on any atom is -0.368 e. The van der Waals surface area contributed by atoms with Crippen molar-refractivity contribution in [3.05, 3.63) is 84.3 Å². The van der Waals surface area contributed by atoms with Gasteiger partial charge in [-0.25, -0.2) is 9.67 Å². The van der Waals surface area contributed by atoms with Gasteiger partial charge in [-0.15, -0.1) is 0 Å². The zero-order valence-corrected chi connectivity index (χ0v) is 17.2. The first-order valence-electron chi connectivity index (χ1n) is 10.2. The average molecular weight is 441 g/mol. The molecule has 0 saturated carbocycles. The Labute approximate surface area is 183 Å². The van der Waals surface area contributed by atoms with E-state index in [2.05, 4.69) is 22.0 Å². The molecule has 6 nitrogen and oxygen atoms in total. The van der Waals surface area contributed by atoms with Crippen LogP contribution >= 0.6 is 0 Å². The quantitative estimate of drug-likeness (QED) is 0.590. The summed E-state index contributed by atoms with van der Waals surface area (Å²) >= 11 is 0. The van der Waals surface area contributed by atoms with Crippen molar-refractivity contribution in [1.82, 2.24) is 19.7 Å². The second-order valence-corrected chi connectivity index (χ2v) is 7.55. The van der Waals surface area contributed by atoms with Gasteiger partial charge in [0.2, 0.25) is 0 Å². The van der Waals surface area contributed by atoms with E-state index < -0.39 is 11.7 Å². The number of likely N-dealkylation sites (tertiary alicyclic amines) is 1. The van der Waals surface area contributed by atoms with Crippen molar-refractivity contribution < 1.29 is 18.0 Å². The standard InChI is InChI=1S/C23H22F3N5O/c1-16-6-5-13-30(20(16)15-28-21-10-9-17(14-27-21)23(24,25)26)22(32)19-11-12-29-31(19)18-7-3-2-4-8-18/h2-4,7-12,14,20H,1,5-6,13,15H2,(H,27,28). The Hall–Kier alpha value is -3.62. The maximum absolute atomic E-state index is 13.4. The molecule has 166 valence electrons. The molecule has 1 fully saturated rings. The molecule has 1 aliphatic rings. The molecule has 1 N–H and O–H groups in total. The molecule has 2 aromatic heterocycles. The first-order valence-corrected chi connectivity index (χ1v) is 10.2. The number of halogens is 3. The number of carbonyl (C=O) groups excluding carboxylic acids is 1. The van der Waals surface area contributed by atoms with E-state index in [-0.39, 0.29) is 11.9 Å². The summed E-state index contributed by atoms with van der Waals surface area (Å²) in [5.41, 5.74) is 1.29. The number of hydrogen-bond donors (Lipinski definition) is 1. The Balaban J connectivity index is 1.52. The molecule has 0 spiro atoms. The van der Waals surface area contributed by atoms with Gasteiger partial charge >= 0.3 is 6.18 Å². The Morgan fingerprint density at radius 3 is 2.62 bits per heavy atom. The third kappa shape index (κ3) is 4.51. The van der Waals surface area contributed by atoms with E-state index >= 15 is 0 Å². The average Bonchev–Trinajstić information content (AvgIpc) is 3.28. The Kier molecular flexibility index (Phi) is 5.98. The Morgan fingerprint density at radius 2 is 1.94 bits per heavy atom. The molecule has 1 saturated heterocycles. The molecule has 4 rings (SSSR count). The predicted octanol–water partition coefficient (Wildman–Crippen LogP) is 4.56.